The third-order valence-corrected chi connectivity index (χ3v) is 7.70. The highest BCUT2D eigenvalue weighted by Crippen LogP contribution is 2.62. The normalized spacial score (nSPS) is 16.1. The smallest absolute Gasteiger partial charge is 0.324 e. The van der Waals surface area contributed by atoms with E-state index >= 15 is 0 Å². The second-order valence-corrected chi connectivity index (χ2v) is 9.11. The maximum atomic E-state index is 13.3. The van der Waals surface area contributed by atoms with Crippen LogP contribution in [-0.2, 0) is 20.9 Å². The lowest BCUT2D eigenvalue weighted by Crippen LogP contribution is -2.39. The Morgan fingerprint density at radius 2 is 1.77 bits per heavy atom. The first-order valence-corrected chi connectivity index (χ1v) is 10.4. The number of aromatic nitrogens is 1. The highest BCUT2D eigenvalue weighted by Gasteiger charge is 2.54. The molecule has 0 aliphatic rings. The molecule has 5 nitrogen and oxygen atoms in total. The molecule has 0 saturated heterocycles. The number of aliphatic carboxylic acids is 1. The Morgan fingerprint density at radius 3 is 2.42 bits per heavy atom. The zero-order valence-electron chi connectivity index (χ0n) is 14.6. The molecule has 3 rings (SSSR count). The van der Waals surface area contributed by atoms with Gasteiger partial charge in [0.05, 0.1) is 0 Å². The van der Waals surface area contributed by atoms with Crippen molar-refractivity contribution in [3.63, 3.8) is 0 Å². The summed E-state index contributed by atoms with van der Waals surface area (Å²) in [4.78, 5) is 26.5. The fourth-order valence-electron chi connectivity index (χ4n) is 3.54. The van der Waals surface area contributed by atoms with Gasteiger partial charge in [0.15, 0.2) is 5.16 Å². The molecule has 2 atom stereocenters. The molecule has 3 N–H and O–H groups in total. The van der Waals surface area contributed by atoms with Crippen molar-refractivity contribution < 1.29 is 19.4 Å². The molecular formula is C20H22NO4P. The lowest BCUT2D eigenvalue weighted by Gasteiger charge is -2.34. The molecule has 1 aromatic heterocycles. The Labute approximate surface area is 152 Å². The molecule has 0 spiro atoms. The van der Waals surface area contributed by atoms with Crippen molar-refractivity contribution in [2.45, 2.75) is 24.9 Å². The Kier molecular flexibility index (Phi) is 5.03. The molecule has 0 radical (unpaired) electrons. The molecule has 0 amide bonds. The number of H-pyrrole nitrogens is 1. The summed E-state index contributed by atoms with van der Waals surface area (Å²) in [5.41, 5.74) is 1.95. The van der Waals surface area contributed by atoms with Crippen LogP contribution in [0.25, 0.3) is 10.9 Å². The van der Waals surface area contributed by atoms with Crippen LogP contribution in [0.3, 0.4) is 0 Å². The van der Waals surface area contributed by atoms with Crippen LogP contribution in [0.4, 0.5) is 0 Å². The van der Waals surface area contributed by atoms with E-state index in [1.54, 1.807) is 43.5 Å². The third-order valence-electron chi connectivity index (χ3n) is 4.85. The van der Waals surface area contributed by atoms with Gasteiger partial charge in [0, 0.05) is 29.7 Å². The number of hydrogen-bond donors (Lipinski definition) is 3. The second kappa shape index (κ2) is 7.10. The summed E-state index contributed by atoms with van der Waals surface area (Å²) >= 11 is 0. The third kappa shape index (κ3) is 2.98. The number of carboxylic acids is 1. The molecule has 2 aromatic carbocycles. The summed E-state index contributed by atoms with van der Waals surface area (Å²) in [7, 11) is -4.04. The van der Waals surface area contributed by atoms with E-state index in [1.165, 1.54) is 0 Å². The lowest BCUT2D eigenvalue weighted by atomic mass is 9.90. The van der Waals surface area contributed by atoms with Crippen LogP contribution in [0.2, 0.25) is 0 Å². The van der Waals surface area contributed by atoms with Crippen molar-refractivity contribution in [2.75, 3.05) is 6.16 Å². The largest absolute Gasteiger partial charge is 0.480 e. The fourth-order valence-corrected chi connectivity index (χ4v) is 5.79. The van der Waals surface area contributed by atoms with Crippen molar-refractivity contribution >= 4 is 24.2 Å². The first kappa shape index (κ1) is 18.4. The Balaban J connectivity index is 2.23. The van der Waals surface area contributed by atoms with Gasteiger partial charge in [-0.2, -0.15) is 0 Å². The van der Waals surface area contributed by atoms with Crippen molar-refractivity contribution in [3.8, 4) is 0 Å². The van der Waals surface area contributed by atoms with Crippen LogP contribution >= 0.6 is 7.37 Å². The summed E-state index contributed by atoms with van der Waals surface area (Å²) in [6.45, 7) is 1.78. The van der Waals surface area contributed by atoms with Crippen LogP contribution in [-0.4, -0.2) is 27.1 Å². The average molecular weight is 371 g/mol. The molecule has 6 heteroatoms. The van der Waals surface area contributed by atoms with Crippen molar-refractivity contribution in [2.24, 2.45) is 0 Å². The molecular weight excluding hydrogens is 349 g/mol. The minimum Gasteiger partial charge on any atom is -0.480 e. The van der Waals surface area contributed by atoms with Gasteiger partial charge in [-0.3, -0.25) is 9.36 Å². The van der Waals surface area contributed by atoms with E-state index in [1.807, 2.05) is 24.3 Å². The predicted octanol–water partition coefficient (Wildman–Crippen LogP) is 4.37. The van der Waals surface area contributed by atoms with Gasteiger partial charge < -0.3 is 15.0 Å². The maximum absolute atomic E-state index is 13.3. The summed E-state index contributed by atoms with van der Waals surface area (Å²) < 4.78 is 13.3. The van der Waals surface area contributed by atoms with Crippen LogP contribution in [0, 0.1) is 0 Å². The Bertz CT molecular complexity index is 966. The Hall–Kier alpha value is -2.36. The molecule has 0 aliphatic heterocycles. The standard InChI is InChI=1S/C20H22NO4P/c1-2-12-26(24,25)20(19(22)23,16-8-4-3-5-9-16)13-15-14-21-18-11-7-6-10-17(15)18/h3-11,14,21H,2,12-13H2,1H3,(H,22,23)(H,24,25). The van der Waals surface area contributed by atoms with Crippen molar-refractivity contribution in [1.29, 1.82) is 0 Å². The minimum absolute atomic E-state index is 0.0451. The van der Waals surface area contributed by atoms with E-state index in [2.05, 4.69) is 4.98 Å². The summed E-state index contributed by atoms with van der Waals surface area (Å²) in [5, 5.41) is 9.15. The van der Waals surface area contributed by atoms with Gasteiger partial charge in [-0.05, 0) is 23.6 Å². The lowest BCUT2D eigenvalue weighted by molar-refractivity contribution is -0.140. The van der Waals surface area contributed by atoms with Gasteiger partial charge in [0.25, 0.3) is 0 Å². The monoisotopic (exact) mass is 371 g/mol. The van der Waals surface area contributed by atoms with E-state index in [-0.39, 0.29) is 12.6 Å². The topological polar surface area (TPSA) is 90.4 Å². The first-order valence-electron chi connectivity index (χ1n) is 8.58. The van der Waals surface area contributed by atoms with E-state index in [0.717, 1.165) is 16.5 Å². The molecule has 26 heavy (non-hydrogen) atoms. The van der Waals surface area contributed by atoms with Gasteiger partial charge in [0.1, 0.15) is 0 Å². The molecule has 0 bridgehead atoms. The molecule has 3 aromatic rings. The highest BCUT2D eigenvalue weighted by atomic mass is 31.2. The maximum Gasteiger partial charge on any atom is 0.324 e. The predicted molar refractivity (Wildman–Crippen MR) is 103 cm³/mol. The average Bonchev–Trinajstić information content (AvgIpc) is 3.02. The number of para-hydroxylation sites is 1. The molecule has 136 valence electrons. The van der Waals surface area contributed by atoms with E-state index < -0.39 is 18.5 Å². The van der Waals surface area contributed by atoms with Crippen molar-refractivity contribution in [3.05, 3.63) is 71.9 Å². The second-order valence-electron chi connectivity index (χ2n) is 6.49. The van der Waals surface area contributed by atoms with E-state index in [0.29, 0.717) is 12.0 Å². The minimum atomic E-state index is -4.04. The number of aromatic amines is 1. The van der Waals surface area contributed by atoms with Crippen LogP contribution in [0.15, 0.2) is 60.8 Å². The molecule has 1 heterocycles. The molecule has 0 aliphatic carbocycles. The summed E-state index contributed by atoms with van der Waals surface area (Å²) in [6.07, 6.45) is 2.07. The molecule has 0 fully saturated rings. The number of rotatable bonds is 7. The number of nitrogens with one attached hydrogen (secondary N) is 1. The number of fused-ring (bicyclic) bond motifs is 1. The van der Waals surface area contributed by atoms with Gasteiger partial charge in [-0.1, -0.05) is 55.5 Å². The summed E-state index contributed by atoms with van der Waals surface area (Å²) in [5.74, 6) is -1.27. The number of carbonyl (C=O) groups is 1. The molecule has 2 unspecified atom stereocenters. The number of carboxylic acid groups (broad SMARTS) is 1. The zero-order chi connectivity index (χ0) is 18.8. The van der Waals surface area contributed by atoms with E-state index in [9.17, 15) is 19.4 Å². The van der Waals surface area contributed by atoms with Crippen LogP contribution in [0.5, 0.6) is 0 Å². The highest BCUT2D eigenvalue weighted by molar-refractivity contribution is 7.60. The zero-order valence-corrected chi connectivity index (χ0v) is 15.4. The SMILES string of the molecule is CCCP(=O)(O)C(Cc1c[nH]c2ccccc12)(C(=O)O)c1ccccc1. The van der Waals surface area contributed by atoms with Gasteiger partial charge >= 0.3 is 5.97 Å². The molecule has 0 saturated carbocycles. The number of hydrogen-bond acceptors (Lipinski definition) is 2. The number of benzene rings is 2. The van der Waals surface area contributed by atoms with Gasteiger partial charge in [-0.15, -0.1) is 0 Å². The quantitative estimate of drug-likeness (QED) is 0.538. The first-order chi connectivity index (χ1) is 12.4. The van der Waals surface area contributed by atoms with Gasteiger partial charge in [0.2, 0.25) is 7.37 Å². The van der Waals surface area contributed by atoms with Gasteiger partial charge in [-0.25, -0.2) is 0 Å². The van der Waals surface area contributed by atoms with Crippen LogP contribution in [0.1, 0.15) is 24.5 Å². The fraction of sp³-hybridized carbons (Fsp3) is 0.250. The van der Waals surface area contributed by atoms with Crippen molar-refractivity contribution in [1.82, 2.24) is 4.98 Å². The summed E-state index contributed by atoms with van der Waals surface area (Å²) in [6, 6.07) is 16.0. The van der Waals surface area contributed by atoms with E-state index in [4.69, 9.17) is 0 Å². The van der Waals surface area contributed by atoms with Crippen LogP contribution < -0.4 is 0 Å². The Morgan fingerprint density at radius 1 is 1.12 bits per heavy atom.